The molecule has 0 aliphatic rings. The molecular weight excluding hydrogens is 330 g/mol. The van der Waals surface area contributed by atoms with Gasteiger partial charge in [-0.3, -0.25) is 0 Å². The quantitative estimate of drug-likeness (QED) is 0.723. The summed E-state index contributed by atoms with van der Waals surface area (Å²) in [5.41, 5.74) is 8.98. The van der Waals surface area contributed by atoms with Crippen LogP contribution in [0.25, 0.3) is 10.1 Å². The fourth-order valence-corrected chi connectivity index (χ4v) is 3.93. The Hall–Kier alpha value is -1.16. The van der Waals surface area contributed by atoms with Gasteiger partial charge in [-0.15, -0.1) is 11.3 Å². The van der Waals surface area contributed by atoms with Crippen molar-refractivity contribution >= 4 is 37.4 Å². The summed E-state index contributed by atoms with van der Waals surface area (Å²) < 4.78 is 2.46. The van der Waals surface area contributed by atoms with E-state index in [1.54, 1.807) is 11.3 Å². The molecule has 1 nitrogen and oxygen atoms in total. The zero-order valence-electron chi connectivity index (χ0n) is 11.1. The summed E-state index contributed by atoms with van der Waals surface area (Å²) in [7, 11) is 0. The van der Waals surface area contributed by atoms with E-state index < -0.39 is 0 Å². The van der Waals surface area contributed by atoms with Crippen molar-refractivity contribution in [1.82, 2.24) is 0 Å². The molecular formula is C17H16BrNS. The van der Waals surface area contributed by atoms with Crippen LogP contribution in [-0.2, 0) is 12.8 Å². The van der Waals surface area contributed by atoms with Crippen molar-refractivity contribution in [2.75, 3.05) is 0 Å². The molecule has 0 amide bonds. The van der Waals surface area contributed by atoms with E-state index in [2.05, 4.69) is 63.8 Å². The van der Waals surface area contributed by atoms with Gasteiger partial charge in [0.1, 0.15) is 0 Å². The van der Waals surface area contributed by atoms with Crippen LogP contribution in [0.5, 0.6) is 0 Å². The second-order valence-electron chi connectivity index (χ2n) is 5.06. The molecule has 20 heavy (non-hydrogen) atoms. The maximum atomic E-state index is 6.33. The zero-order valence-corrected chi connectivity index (χ0v) is 13.5. The Kier molecular flexibility index (Phi) is 4.20. The number of halogens is 1. The van der Waals surface area contributed by atoms with E-state index in [9.17, 15) is 0 Å². The van der Waals surface area contributed by atoms with Crippen molar-refractivity contribution in [1.29, 1.82) is 0 Å². The van der Waals surface area contributed by atoms with Crippen LogP contribution in [0, 0.1) is 0 Å². The average Bonchev–Trinajstić information content (AvgIpc) is 2.82. The van der Waals surface area contributed by atoms with Crippen LogP contribution >= 0.6 is 27.3 Å². The molecule has 3 aromatic rings. The lowest BCUT2D eigenvalue weighted by Gasteiger charge is -2.11. The topological polar surface area (TPSA) is 26.0 Å². The summed E-state index contributed by atoms with van der Waals surface area (Å²) in [5, 5.41) is 3.59. The molecule has 0 saturated carbocycles. The molecule has 0 aliphatic heterocycles. The number of hydrogen-bond acceptors (Lipinski definition) is 2. The van der Waals surface area contributed by atoms with Gasteiger partial charge >= 0.3 is 0 Å². The highest BCUT2D eigenvalue weighted by molar-refractivity contribution is 9.10. The lowest BCUT2D eigenvalue weighted by atomic mass is 9.99. The van der Waals surface area contributed by atoms with Crippen LogP contribution in [0.4, 0.5) is 0 Å². The highest BCUT2D eigenvalue weighted by atomic mass is 79.9. The number of rotatable bonds is 4. The molecule has 102 valence electrons. The predicted octanol–water partition coefficient (Wildman–Crippen LogP) is 4.78. The Bertz CT molecular complexity index is 720. The summed E-state index contributed by atoms with van der Waals surface area (Å²) in [6, 6.07) is 17.1. The molecule has 1 atom stereocenters. The molecule has 1 unspecified atom stereocenters. The Morgan fingerprint density at radius 2 is 1.90 bits per heavy atom. The van der Waals surface area contributed by atoms with Crippen LogP contribution in [0.1, 0.15) is 11.1 Å². The standard InChI is InChI=1S/C17H16BrNS/c18-14-5-3-4-12(8-14)9-15(19)10-13-11-20-17-7-2-1-6-16(13)17/h1-8,11,15H,9-10,19H2. The van der Waals surface area contributed by atoms with Gasteiger partial charge in [0.15, 0.2) is 0 Å². The van der Waals surface area contributed by atoms with Crippen molar-refractivity contribution in [3.05, 3.63) is 69.5 Å². The van der Waals surface area contributed by atoms with Gasteiger partial charge in [-0.1, -0.05) is 46.3 Å². The Morgan fingerprint density at radius 1 is 1.05 bits per heavy atom. The van der Waals surface area contributed by atoms with E-state index in [0.717, 1.165) is 17.3 Å². The number of nitrogens with two attached hydrogens (primary N) is 1. The lowest BCUT2D eigenvalue weighted by molar-refractivity contribution is 0.668. The first kappa shape index (κ1) is 13.8. The molecule has 0 radical (unpaired) electrons. The van der Waals surface area contributed by atoms with Gasteiger partial charge in [0.2, 0.25) is 0 Å². The Morgan fingerprint density at radius 3 is 2.75 bits per heavy atom. The molecule has 0 saturated heterocycles. The Balaban J connectivity index is 1.74. The van der Waals surface area contributed by atoms with Gasteiger partial charge < -0.3 is 5.73 Å². The molecule has 0 bridgehead atoms. The number of hydrogen-bond donors (Lipinski definition) is 1. The molecule has 3 heteroatoms. The van der Waals surface area contributed by atoms with Gasteiger partial charge in [0.25, 0.3) is 0 Å². The van der Waals surface area contributed by atoms with Gasteiger partial charge in [-0.25, -0.2) is 0 Å². The minimum absolute atomic E-state index is 0.155. The first-order valence-electron chi connectivity index (χ1n) is 6.67. The molecule has 0 spiro atoms. The molecule has 2 aromatic carbocycles. The fraction of sp³-hybridized carbons (Fsp3) is 0.176. The third kappa shape index (κ3) is 3.11. The van der Waals surface area contributed by atoms with Gasteiger partial charge in [-0.05, 0) is 52.9 Å². The first-order chi connectivity index (χ1) is 9.72. The van der Waals surface area contributed by atoms with Crippen molar-refractivity contribution in [3.63, 3.8) is 0 Å². The first-order valence-corrected chi connectivity index (χ1v) is 8.35. The summed E-state index contributed by atoms with van der Waals surface area (Å²) >= 11 is 5.31. The Labute approximate surface area is 131 Å². The maximum Gasteiger partial charge on any atom is 0.0345 e. The van der Waals surface area contributed by atoms with Crippen molar-refractivity contribution < 1.29 is 0 Å². The van der Waals surface area contributed by atoms with E-state index in [4.69, 9.17) is 5.73 Å². The van der Waals surface area contributed by atoms with Crippen LogP contribution in [0.3, 0.4) is 0 Å². The highest BCUT2D eigenvalue weighted by Crippen LogP contribution is 2.26. The number of benzene rings is 2. The second-order valence-corrected chi connectivity index (χ2v) is 6.88. The average molecular weight is 346 g/mol. The largest absolute Gasteiger partial charge is 0.327 e. The number of fused-ring (bicyclic) bond motifs is 1. The third-order valence-electron chi connectivity index (χ3n) is 3.43. The minimum Gasteiger partial charge on any atom is -0.327 e. The van der Waals surface area contributed by atoms with E-state index >= 15 is 0 Å². The van der Waals surface area contributed by atoms with E-state index in [1.807, 2.05) is 6.07 Å². The minimum atomic E-state index is 0.155. The summed E-state index contributed by atoms with van der Waals surface area (Å²) in [4.78, 5) is 0. The highest BCUT2D eigenvalue weighted by Gasteiger charge is 2.09. The van der Waals surface area contributed by atoms with E-state index in [1.165, 1.54) is 21.2 Å². The van der Waals surface area contributed by atoms with Crippen LogP contribution in [-0.4, -0.2) is 6.04 Å². The van der Waals surface area contributed by atoms with Crippen molar-refractivity contribution in [3.8, 4) is 0 Å². The summed E-state index contributed by atoms with van der Waals surface area (Å²) in [6.07, 6.45) is 1.83. The monoisotopic (exact) mass is 345 g/mol. The van der Waals surface area contributed by atoms with Gasteiger partial charge in [0, 0.05) is 15.2 Å². The molecule has 1 heterocycles. The van der Waals surface area contributed by atoms with E-state index in [-0.39, 0.29) is 6.04 Å². The van der Waals surface area contributed by atoms with E-state index in [0.29, 0.717) is 0 Å². The molecule has 0 fully saturated rings. The van der Waals surface area contributed by atoms with Crippen LogP contribution in [0.2, 0.25) is 0 Å². The van der Waals surface area contributed by atoms with Gasteiger partial charge in [-0.2, -0.15) is 0 Å². The molecule has 0 aliphatic carbocycles. The normalized spacial score (nSPS) is 12.7. The van der Waals surface area contributed by atoms with Crippen molar-refractivity contribution in [2.45, 2.75) is 18.9 Å². The summed E-state index contributed by atoms with van der Waals surface area (Å²) in [6.45, 7) is 0. The van der Waals surface area contributed by atoms with Crippen LogP contribution in [0.15, 0.2) is 58.4 Å². The fourth-order valence-electron chi connectivity index (χ4n) is 2.51. The summed E-state index contributed by atoms with van der Waals surface area (Å²) in [5.74, 6) is 0. The molecule has 1 aromatic heterocycles. The zero-order chi connectivity index (χ0) is 13.9. The second kappa shape index (κ2) is 6.08. The molecule has 2 N–H and O–H groups in total. The van der Waals surface area contributed by atoms with Crippen LogP contribution < -0.4 is 5.73 Å². The smallest absolute Gasteiger partial charge is 0.0345 e. The number of thiophene rings is 1. The van der Waals surface area contributed by atoms with Gasteiger partial charge in [0.05, 0.1) is 0 Å². The third-order valence-corrected chi connectivity index (χ3v) is 4.94. The van der Waals surface area contributed by atoms with Crippen molar-refractivity contribution in [2.24, 2.45) is 5.73 Å². The molecule has 3 rings (SSSR count). The lowest BCUT2D eigenvalue weighted by Crippen LogP contribution is -2.25. The SMILES string of the molecule is NC(Cc1cccc(Br)c1)Cc1csc2ccccc12. The maximum absolute atomic E-state index is 6.33. The predicted molar refractivity (Wildman–Crippen MR) is 91.4 cm³/mol.